The van der Waals surface area contributed by atoms with E-state index in [1.54, 1.807) is 11.3 Å². The molecular weight excluding hydrogens is 236 g/mol. The molecule has 2 aromatic heterocycles. The molecule has 1 aliphatic rings. The first-order valence-electron chi connectivity index (χ1n) is 5.69. The van der Waals surface area contributed by atoms with Crippen molar-refractivity contribution in [2.24, 2.45) is 0 Å². The third-order valence-corrected chi connectivity index (χ3v) is 3.80. The normalized spacial score (nSPS) is 15.7. The molecule has 3 heterocycles. The van der Waals surface area contributed by atoms with Gasteiger partial charge in [0, 0.05) is 18.0 Å². The molecule has 5 nitrogen and oxygen atoms in total. The monoisotopic (exact) mass is 250 g/mol. The van der Waals surface area contributed by atoms with Crippen molar-refractivity contribution in [2.45, 2.75) is 19.8 Å². The van der Waals surface area contributed by atoms with Crippen molar-refractivity contribution in [3.05, 3.63) is 10.9 Å². The lowest BCUT2D eigenvalue weighted by molar-refractivity contribution is 0.430. The summed E-state index contributed by atoms with van der Waals surface area (Å²) in [6.45, 7) is 4.04. The predicted octanol–water partition coefficient (Wildman–Crippen LogP) is 2.29. The van der Waals surface area contributed by atoms with E-state index < -0.39 is 0 Å². The number of aromatic nitrogens is 2. The minimum absolute atomic E-state index is 0.522. The van der Waals surface area contributed by atoms with Gasteiger partial charge in [-0.15, -0.1) is 11.3 Å². The highest BCUT2D eigenvalue weighted by Gasteiger charge is 2.20. The molecule has 0 unspecified atom stereocenters. The molecule has 90 valence electrons. The van der Waals surface area contributed by atoms with E-state index in [-0.39, 0.29) is 0 Å². The molecule has 1 fully saturated rings. The number of nitrogens with two attached hydrogens (primary N) is 1. The SMILES string of the molecule is Cc1cc(-c2nc(N3CCCC3)no2)c(N)s1. The molecule has 0 amide bonds. The molecule has 1 saturated heterocycles. The first-order chi connectivity index (χ1) is 8.24. The summed E-state index contributed by atoms with van der Waals surface area (Å²) in [5.74, 6) is 1.20. The van der Waals surface area contributed by atoms with Gasteiger partial charge in [0.2, 0.25) is 0 Å². The van der Waals surface area contributed by atoms with Crippen molar-refractivity contribution in [1.29, 1.82) is 0 Å². The molecule has 0 atom stereocenters. The molecule has 2 N–H and O–H groups in total. The Kier molecular flexibility index (Phi) is 2.51. The summed E-state index contributed by atoms with van der Waals surface area (Å²) in [4.78, 5) is 7.70. The zero-order chi connectivity index (χ0) is 11.8. The molecule has 6 heteroatoms. The Balaban J connectivity index is 1.91. The Labute approximate surface area is 103 Å². The molecule has 17 heavy (non-hydrogen) atoms. The second-order valence-corrected chi connectivity index (χ2v) is 5.52. The van der Waals surface area contributed by atoms with Crippen LogP contribution in [-0.4, -0.2) is 23.2 Å². The summed E-state index contributed by atoms with van der Waals surface area (Å²) in [5.41, 5.74) is 6.77. The lowest BCUT2D eigenvalue weighted by atomic mass is 10.3. The third kappa shape index (κ3) is 1.88. The van der Waals surface area contributed by atoms with E-state index in [2.05, 4.69) is 15.0 Å². The first kappa shape index (κ1) is 10.6. The number of hydrogen-bond donors (Lipinski definition) is 1. The van der Waals surface area contributed by atoms with Crippen LogP contribution in [0.15, 0.2) is 10.6 Å². The Morgan fingerprint density at radius 1 is 1.41 bits per heavy atom. The maximum Gasteiger partial charge on any atom is 0.266 e. The van der Waals surface area contributed by atoms with E-state index in [9.17, 15) is 0 Å². The van der Waals surface area contributed by atoms with E-state index in [1.165, 1.54) is 12.8 Å². The van der Waals surface area contributed by atoms with Crippen LogP contribution in [0.1, 0.15) is 17.7 Å². The Bertz CT molecular complexity index is 527. The number of aryl methyl sites for hydroxylation is 1. The van der Waals surface area contributed by atoms with Crippen LogP contribution in [-0.2, 0) is 0 Å². The van der Waals surface area contributed by atoms with Gasteiger partial charge in [-0.2, -0.15) is 4.98 Å². The highest BCUT2D eigenvalue weighted by atomic mass is 32.1. The summed E-state index contributed by atoms with van der Waals surface area (Å²) in [6.07, 6.45) is 2.40. The smallest absolute Gasteiger partial charge is 0.266 e. The van der Waals surface area contributed by atoms with Crippen LogP contribution >= 0.6 is 11.3 Å². The fourth-order valence-electron chi connectivity index (χ4n) is 2.07. The number of anilines is 2. The summed E-state index contributed by atoms with van der Waals surface area (Å²) in [7, 11) is 0. The molecule has 0 radical (unpaired) electrons. The van der Waals surface area contributed by atoms with Crippen molar-refractivity contribution < 1.29 is 4.52 Å². The van der Waals surface area contributed by atoms with Gasteiger partial charge < -0.3 is 15.2 Å². The maximum absolute atomic E-state index is 5.91. The van der Waals surface area contributed by atoms with Crippen LogP contribution in [0.4, 0.5) is 10.9 Å². The zero-order valence-corrected chi connectivity index (χ0v) is 10.5. The van der Waals surface area contributed by atoms with E-state index in [0.29, 0.717) is 11.8 Å². The van der Waals surface area contributed by atoms with Crippen molar-refractivity contribution in [2.75, 3.05) is 23.7 Å². The third-order valence-electron chi connectivity index (χ3n) is 2.92. The standard InChI is InChI=1S/C11H14N4OS/c1-7-6-8(9(12)17-7)10-13-11(14-16-10)15-4-2-3-5-15/h6H,2-5,12H2,1H3. The average molecular weight is 250 g/mol. The van der Waals surface area contributed by atoms with Gasteiger partial charge in [-0.1, -0.05) is 0 Å². The van der Waals surface area contributed by atoms with Crippen LogP contribution in [0.2, 0.25) is 0 Å². The molecule has 3 rings (SSSR count). The van der Waals surface area contributed by atoms with E-state index in [0.717, 1.165) is 28.5 Å². The number of thiophene rings is 1. The lowest BCUT2D eigenvalue weighted by Gasteiger charge is -2.09. The highest BCUT2D eigenvalue weighted by molar-refractivity contribution is 7.16. The summed E-state index contributed by atoms with van der Waals surface area (Å²) < 4.78 is 5.28. The summed E-state index contributed by atoms with van der Waals surface area (Å²) >= 11 is 1.54. The Morgan fingerprint density at radius 3 is 2.82 bits per heavy atom. The van der Waals surface area contributed by atoms with Crippen LogP contribution in [0.5, 0.6) is 0 Å². The lowest BCUT2D eigenvalue weighted by Crippen LogP contribution is -2.18. The van der Waals surface area contributed by atoms with Crippen LogP contribution in [0, 0.1) is 6.92 Å². The van der Waals surface area contributed by atoms with Gasteiger partial charge in [0.25, 0.3) is 11.8 Å². The van der Waals surface area contributed by atoms with Gasteiger partial charge >= 0.3 is 0 Å². The predicted molar refractivity (Wildman–Crippen MR) is 68.2 cm³/mol. The van der Waals surface area contributed by atoms with Crippen molar-refractivity contribution in [1.82, 2.24) is 10.1 Å². The molecule has 0 bridgehead atoms. The molecule has 0 aromatic carbocycles. The van der Waals surface area contributed by atoms with E-state index in [1.807, 2.05) is 13.0 Å². The highest BCUT2D eigenvalue weighted by Crippen LogP contribution is 2.33. The Hall–Kier alpha value is -1.56. The van der Waals surface area contributed by atoms with Crippen LogP contribution in [0.3, 0.4) is 0 Å². The Morgan fingerprint density at radius 2 is 2.18 bits per heavy atom. The van der Waals surface area contributed by atoms with Crippen molar-refractivity contribution in [3.8, 4) is 11.5 Å². The number of rotatable bonds is 2. The number of nitrogens with zero attached hydrogens (tertiary/aromatic N) is 3. The maximum atomic E-state index is 5.91. The van der Waals surface area contributed by atoms with Gasteiger partial charge in [0.05, 0.1) is 10.6 Å². The minimum Gasteiger partial charge on any atom is -0.390 e. The topological polar surface area (TPSA) is 68.2 Å². The van der Waals surface area contributed by atoms with Gasteiger partial charge in [-0.25, -0.2) is 0 Å². The van der Waals surface area contributed by atoms with Gasteiger partial charge in [0.1, 0.15) is 0 Å². The molecule has 1 aliphatic heterocycles. The second-order valence-electron chi connectivity index (χ2n) is 4.23. The van der Waals surface area contributed by atoms with E-state index >= 15 is 0 Å². The summed E-state index contributed by atoms with van der Waals surface area (Å²) in [6, 6.07) is 1.99. The zero-order valence-electron chi connectivity index (χ0n) is 9.64. The quantitative estimate of drug-likeness (QED) is 0.885. The number of hydrogen-bond acceptors (Lipinski definition) is 6. The molecular formula is C11H14N4OS. The molecule has 0 aliphatic carbocycles. The fraction of sp³-hybridized carbons (Fsp3) is 0.455. The van der Waals surface area contributed by atoms with Crippen molar-refractivity contribution >= 4 is 22.3 Å². The van der Waals surface area contributed by atoms with Gasteiger partial charge in [-0.05, 0) is 31.0 Å². The minimum atomic E-state index is 0.522. The van der Waals surface area contributed by atoms with Crippen LogP contribution < -0.4 is 10.6 Å². The largest absolute Gasteiger partial charge is 0.390 e. The molecule has 0 saturated carbocycles. The van der Waals surface area contributed by atoms with Crippen molar-refractivity contribution in [3.63, 3.8) is 0 Å². The average Bonchev–Trinajstić information content (AvgIpc) is 2.97. The fourth-order valence-corrected chi connectivity index (χ4v) is 2.85. The number of nitrogen functional groups attached to an aromatic ring is 1. The molecule has 0 spiro atoms. The second kappa shape index (κ2) is 4.03. The van der Waals surface area contributed by atoms with E-state index in [4.69, 9.17) is 10.3 Å². The van der Waals surface area contributed by atoms with Gasteiger partial charge in [-0.3, -0.25) is 0 Å². The first-order valence-corrected chi connectivity index (χ1v) is 6.50. The summed E-state index contributed by atoms with van der Waals surface area (Å²) in [5, 5.41) is 4.75. The molecule has 2 aromatic rings. The van der Waals surface area contributed by atoms with Crippen LogP contribution in [0.25, 0.3) is 11.5 Å². The van der Waals surface area contributed by atoms with Gasteiger partial charge in [0.15, 0.2) is 0 Å².